The number of piperidine rings is 1. The molecule has 2 N–H and O–H groups in total. The Hall–Kier alpha value is -1.62. The molecule has 0 aliphatic carbocycles. The van der Waals surface area contributed by atoms with Gasteiger partial charge in [-0.3, -0.25) is 9.59 Å². The van der Waals surface area contributed by atoms with Crippen molar-refractivity contribution in [1.29, 1.82) is 0 Å². The van der Waals surface area contributed by atoms with Crippen molar-refractivity contribution in [3.05, 3.63) is 34.2 Å². The summed E-state index contributed by atoms with van der Waals surface area (Å²) in [5.74, 6) is -0.204. The molecule has 1 fully saturated rings. The van der Waals surface area contributed by atoms with Crippen LogP contribution >= 0.6 is 0 Å². The summed E-state index contributed by atoms with van der Waals surface area (Å²) in [7, 11) is 0. The SMILES string of the molecule is CCN1CCC(C)(NC(=O)c2cc(=O)cc[nH]2)CC1. The van der Waals surface area contributed by atoms with E-state index in [1.165, 1.54) is 18.3 Å². The van der Waals surface area contributed by atoms with E-state index >= 15 is 0 Å². The molecular formula is C14H21N3O2. The van der Waals surface area contributed by atoms with Crippen molar-refractivity contribution < 1.29 is 4.79 Å². The maximum absolute atomic E-state index is 12.1. The molecule has 104 valence electrons. The fourth-order valence-electron chi connectivity index (χ4n) is 2.41. The third-order valence-electron chi connectivity index (χ3n) is 3.84. The summed E-state index contributed by atoms with van der Waals surface area (Å²) in [6.45, 7) is 7.27. The highest BCUT2D eigenvalue weighted by Crippen LogP contribution is 2.21. The Morgan fingerprint density at radius 1 is 1.47 bits per heavy atom. The number of carbonyl (C=O) groups is 1. The normalized spacial score (nSPS) is 19.1. The van der Waals surface area contributed by atoms with Crippen LogP contribution in [0.4, 0.5) is 0 Å². The lowest BCUT2D eigenvalue weighted by atomic mass is 9.89. The van der Waals surface area contributed by atoms with Crippen LogP contribution < -0.4 is 10.7 Å². The minimum atomic E-state index is -0.204. The van der Waals surface area contributed by atoms with E-state index in [9.17, 15) is 9.59 Å². The number of pyridine rings is 1. The van der Waals surface area contributed by atoms with Gasteiger partial charge in [-0.25, -0.2) is 0 Å². The minimum Gasteiger partial charge on any atom is -0.357 e. The van der Waals surface area contributed by atoms with Crippen LogP contribution in [0.1, 0.15) is 37.2 Å². The lowest BCUT2D eigenvalue weighted by Crippen LogP contribution is -2.53. The predicted molar refractivity (Wildman–Crippen MR) is 74.3 cm³/mol. The van der Waals surface area contributed by atoms with Gasteiger partial charge in [-0.1, -0.05) is 6.92 Å². The van der Waals surface area contributed by atoms with Gasteiger partial charge in [0.25, 0.3) is 5.91 Å². The molecule has 0 unspecified atom stereocenters. The third kappa shape index (κ3) is 3.44. The maximum atomic E-state index is 12.1. The number of carbonyl (C=O) groups excluding carboxylic acids is 1. The Morgan fingerprint density at radius 2 is 2.16 bits per heavy atom. The van der Waals surface area contributed by atoms with Crippen molar-refractivity contribution in [2.24, 2.45) is 0 Å². The fraction of sp³-hybridized carbons (Fsp3) is 0.571. The number of hydrogen-bond acceptors (Lipinski definition) is 3. The van der Waals surface area contributed by atoms with E-state index in [4.69, 9.17) is 0 Å². The highest BCUT2D eigenvalue weighted by Gasteiger charge is 2.31. The van der Waals surface area contributed by atoms with E-state index < -0.39 is 0 Å². The van der Waals surface area contributed by atoms with Crippen LogP contribution in [0.5, 0.6) is 0 Å². The van der Waals surface area contributed by atoms with E-state index in [1.807, 2.05) is 0 Å². The summed E-state index contributed by atoms with van der Waals surface area (Å²) in [6.07, 6.45) is 3.37. The Kier molecular flexibility index (Phi) is 4.04. The molecule has 2 heterocycles. The third-order valence-corrected chi connectivity index (χ3v) is 3.84. The van der Waals surface area contributed by atoms with Crippen LogP contribution in [0.3, 0.4) is 0 Å². The Balaban J connectivity index is 2.01. The first-order valence-electron chi connectivity index (χ1n) is 6.76. The van der Waals surface area contributed by atoms with Gasteiger partial charge in [0.1, 0.15) is 5.69 Å². The summed E-state index contributed by atoms with van der Waals surface area (Å²) >= 11 is 0. The monoisotopic (exact) mass is 263 g/mol. The number of nitrogens with one attached hydrogen (secondary N) is 2. The van der Waals surface area contributed by atoms with Gasteiger partial charge in [0.05, 0.1) is 0 Å². The second-order valence-electron chi connectivity index (χ2n) is 5.39. The van der Waals surface area contributed by atoms with Gasteiger partial charge in [-0.05, 0) is 26.3 Å². The largest absolute Gasteiger partial charge is 0.357 e. The van der Waals surface area contributed by atoms with Gasteiger partial charge in [-0.2, -0.15) is 0 Å². The quantitative estimate of drug-likeness (QED) is 0.854. The highest BCUT2D eigenvalue weighted by molar-refractivity contribution is 5.92. The Labute approximate surface area is 113 Å². The zero-order valence-electron chi connectivity index (χ0n) is 11.5. The van der Waals surface area contributed by atoms with Crippen molar-refractivity contribution in [2.75, 3.05) is 19.6 Å². The molecule has 2 rings (SSSR count). The average molecular weight is 263 g/mol. The van der Waals surface area contributed by atoms with Crippen molar-refractivity contribution in [3.8, 4) is 0 Å². The smallest absolute Gasteiger partial charge is 0.268 e. The first-order chi connectivity index (χ1) is 9.02. The molecule has 0 aromatic carbocycles. The molecule has 0 radical (unpaired) electrons. The van der Waals surface area contributed by atoms with Gasteiger partial charge >= 0.3 is 0 Å². The van der Waals surface area contributed by atoms with Crippen LogP contribution in [0.15, 0.2) is 23.1 Å². The molecule has 0 spiro atoms. The van der Waals surface area contributed by atoms with Gasteiger partial charge in [0.2, 0.25) is 0 Å². The second-order valence-corrected chi connectivity index (χ2v) is 5.39. The van der Waals surface area contributed by atoms with Gasteiger partial charge in [-0.15, -0.1) is 0 Å². The summed E-state index contributed by atoms with van der Waals surface area (Å²) in [4.78, 5) is 28.6. The molecule has 1 aliphatic heterocycles. The summed E-state index contributed by atoms with van der Waals surface area (Å²) in [5.41, 5.74) is -0.0170. The summed E-state index contributed by atoms with van der Waals surface area (Å²) in [5, 5.41) is 3.05. The number of H-pyrrole nitrogens is 1. The van der Waals surface area contributed by atoms with Crippen LogP contribution in [0.25, 0.3) is 0 Å². The summed E-state index contributed by atoms with van der Waals surface area (Å²) in [6, 6.07) is 2.73. The lowest BCUT2D eigenvalue weighted by Gasteiger charge is -2.39. The zero-order valence-corrected chi connectivity index (χ0v) is 11.5. The highest BCUT2D eigenvalue weighted by atomic mass is 16.2. The van der Waals surface area contributed by atoms with E-state index in [2.05, 4.69) is 29.0 Å². The molecule has 0 saturated carbocycles. The van der Waals surface area contributed by atoms with Crippen molar-refractivity contribution in [2.45, 2.75) is 32.2 Å². The molecular weight excluding hydrogens is 242 g/mol. The van der Waals surface area contributed by atoms with Gasteiger partial charge in [0, 0.05) is 37.0 Å². The molecule has 5 heteroatoms. The molecule has 0 bridgehead atoms. The van der Waals surface area contributed by atoms with E-state index in [0.717, 1.165) is 32.5 Å². The Bertz CT molecular complexity index is 501. The van der Waals surface area contributed by atoms with Crippen LogP contribution in [0, 0.1) is 0 Å². The first kappa shape index (κ1) is 13.8. The summed E-state index contributed by atoms with van der Waals surface area (Å²) < 4.78 is 0. The van der Waals surface area contributed by atoms with Crippen LogP contribution in [-0.4, -0.2) is 41.0 Å². The number of rotatable bonds is 3. The fourth-order valence-corrected chi connectivity index (χ4v) is 2.41. The van der Waals surface area contributed by atoms with Crippen LogP contribution in [0.2, 0.25) is 0 Å². The molecule has 1 aromatic heterocycles. The maximum Gasteiger partial charge on any atom is 0.268 e. The number of hydrogen-bond donors (Lipinski definition) is 2. The molecule has 1 aliphatic rings. The molecule has 1 aromatic rings. The molecule has 0 atom stereocenters. The van der Waals surface area contributed by atoms with Crippen LogP contribution in [-0.2, 0) is 0 Å². The molecule has 19 heavy (non-hydrogen) atoms. The first-order valence-corrected chi connectivity index (χ1v) is 6.76. The van der Waals surface area contributed by atoms with E-state index in [1.54, 1.807) is 0 Å². The predicted octanol–water partition coefficient (Wildman–Crippen LogP) is 0.979. The van der Waals surface area contributed by atoms with Crippen molar-refractivity contribution in [3.63, 3.8) is 0 Å². The van der Waals surface area contributed by atoms with Crippen molar-refractivity contribution >= 4 is 5.91 Å². The second kappa shape index (κ2) is 5.57. The van der Waals surface area contributed by atoms with Gasteiger partial charge in [0.15, 0.2) is 5.43 Å². The Morgan fingerprint density at radius 3 is 2.74 bits per heavy atom. The molecule has 1 saturated heterocycles. The number of amides is 1. The van der Waals surface area contributed by atoms with Crippen molar-refractivity contribution in [1.82, 2.24) is 15.2 Å². The lowest BCUT2D eigenvalue weighted by molar-refractivity contribution is 0.0834. The number of nitrogens with zero attached hydrogens (tertiary/aromatic N) is 1. The van der Waals surface area contributed by atoms with Gasteiger partial charge < -0.3 is 15.2 Å². The number of likely N-dealkylation sites (tertiary alicyclic amines) is 1. The number of aromatic amines is 1. The minimum absolute atomic E-state index is 0.158. The zero-order chi connectivity index (χ0) is 13.9. The average Bonchev–Trinajstić information content (AvgIpc) is 2.39. The molecule has 5 nitrogen and oxygen atoms in total. The number of aromatic nitrogens is 1. The van der Waals surface area contributed by atoms with E-state index in [0.29, 0.717) is 5.69 Å². The topological polar surface area (TPSA) is 65.2 Å². The standard InChI is InChI=1S/C14H21N3O2/c1-3-17-8-5-14(2,6-9-17)16-13(19)12-10-11(18)4-7-15-12/h4,7,10H,3,5-6,8-9H2,1-2H3,(H,15,18)(H,16,19). The van der Waals surface area contributed by atoms with E-state index in [-0.39, 0.29) is 16.9 Å². The molecule has 1 amide bonds.